The van der Waals surface area contributed by atoms with Crippen molar-refractivity contribution in [1.29, 1.82) is 5.26 Å². The van der Waals surface area contributed by atoms with E-state index < -0.39 is 16.1 Å². The molecule has 0 N–H and O–H groups in total. The Morgan fingerprint density at radius 3 is 2.70 bits per heavy atom. The first-order chi connectivity index (χ1) is 10.9. The number of benzene rings is 1. The van der Waals surface area contributed by atoms with Gasteiger partial charge in [-0.2, -0.15) is 9.57 Å². The van der Waals surface area contributed by atoms with E-state index in [1.165, 1.54) is 22.5 Å². The minimum Gasteiger partial charge on any atom is -0.264 e. The highest BCUT2D eigenvalue weighted by molar-refractivity contribution is 7.89. The van der Waals surface area contributed by atoms with Crippen LogP contribution >= 0.6 is 11.6 Å². The summed E-state index contributed by atoms with van der Waals surface area (Å²) < 4.78 is 27.3. The summed E-state index contributed by atoms with van der Waals surface area (Å²) in [4.78, 5) is 3.99. The van der Waals surface area contributed by atoms with Crippen molar-refractivity contribution in [1.82, 2.24) is 9.29 Å². The van der Waals surface area contributed by atoms with Crippen LogP contribution in [0.4, 0.5) is 0 Å². The molecule has 0 unspecified atom stereocenters. The van der Waals surface area contributed by atoms with Gasteiger partial charge in [-0.25, -0.2) is 8.42 Å². The molecule has 0 bridgehead atoms. The van der Waals surface area contributed by atoms with Crippen LogP contribution in [0.25, 0.3) is 0 Å². The van der Waals surface area contributed by atoms with Gasteiger partial charge in [0.2, 0.25) is 10.0 Å². The first kappa shape index (κ1) is 17.4. The molecule has 0 saturated carbocycles. The zero-order chi connectivity index (χ0) is 17.0. The van der Waals surface area contributed by atoms with Crippen molar-refractivity contribution in [2.24, 2.45) is 0 Å². The SMILES string of the molecule is CCN([C@H](C)c1cccnc1)S(=O)(=O)c1ccc(Cl)cc1C#N. The smallest absolute Gasteiger partial charge is 0.244 e. The molecule has 120 valence electrons. The van der Waals surface area contributed by atoms with Gasteiger partial charge in [-0.05, 0) is 36.8 Å². The molecule has 2 aromatic rings. The van der Waals surface area contributed by atoms with Crippen LogP contribution in [0.1, 0.15) is 31.0 Å². The van der Waals surface area contributed by atoms with E-state index in [1.807, 2.05) is 12.1 Å². The van der Waals surface area contributed by atoms with E-state index in [0.717, 1.165) is 5.56 Å². The van der Waals surface area contributed by atoms with Crippen molar-refractivity contribution in [3.8, 4) is 6.07 Å². The monoisotopic (exact) mass is 349 g/mol. The van der Waals surface area contributed by atoms with E-state index in [9.17, 15) is 13.7 Å². The molecule has 0 amide bonds. The third kappa shape index (κ3) is 3.53. The van der Waals surface area contributed by atoms with Crippen LogP contribution in [0.3, 0.4) is 0 Å². The predicted octanol–water partition coefficient (Wildman–Crippen LogP) is 3.38. The van der Waals surface area contributed by atoms with Crippen LogP contribution in [0, 0.1) is 11.3 Å². The third-order valence-corrected chi connectivity index (χ3v) is 5.90. The molecule has 23 heavy (non-hydrogen) atoms. The Bertz CT molecular complexity index is 832. The van der Waals surface area contributed by atoms with Crippen LogP contribution in [-0.2, 0) is 10.0 Å². The summed E-state index contributed by atoms with van der Waals surface area (Å²) in [5.41, 5.74) is 0.819. The van der Waals surface area contributed by atoms with Crippen LogP contribution in [0.15, 0.2) is 47.6 Å². The average molecular weight is 350 g/mol. The van der Waals surface area contributed by atoms with Crippen molar-refractivity contribution in [3.63, 3.8) is 0 Å². The fraction of sp³-hybridized carbons (Fsp3) is 0.250. The van der Waals surface area contributed by atoms with Crippen LogP contribution < -0.4 is 0 Å². The van der Waals surface area contributed by atoms with Crippen molar-refractivity contribution in [2.75, 3.05) is 6.54 Å². The summed E-state index contributed by atoms with van der Waals surface area (Å²) in [5, 5.41) is 9.54. The van der Waals surface area contributed by atoms with Gasteiger partial charge >= 0.3 is 0 Å². The summed E-state index contributed by atoms with van der Waals surface area (Å²) in [6.07, 6.45) is 3.27. The van der Waals surface area contributed by atoms with E-state index in [0.29, 0.717) is 5.02 Å². The van der Waals surface area contributed by atoms with Crippen molar-refractivity contribution < 1.29 is 8.42 Å². The average Bonchev–Trinajstić information content (AvgIpc) is 2.55. The molecule has 1 heterocycles. The molecule has 0 radical (unpaired) electrons. The molecule has 1 aromatic carbocycles. The normalized spacial score (nSPS) is 12.8. The van der Waals surface area contributed by atoms with E-state index in [1.54, 1.807) is 32.3 Å². The second kappa shape index (κ2) is 7.09. The maximum absolute atomic E-state index is 13.0. The molecule has 1 atom stereocenters. The Labute approximate surface area is 141 Å². The largest absolute Gasteiger partial charge is 0.264 e. The number of hydrogen-bond donors (Lipinski definition) is 0. The van der Waals surface area contributed by atoms with Crippen molar-refractivity contribution >= 4 is 21.6 Å². The molecular formula is C16H16ClN3O2S. The maximum Gasteiger partial charge on any atom is 0.244 e. The van der Waals surface area contributed by atoms with Gasteiger partial charge < -0.3 is 0 Å². The van der Waals surface area contributed by atoms with Gasteiger partial charge in [-0.15, -0.1) is 0 Å². The Balaban J connectivity index is 2.51. The molecule has 7 heteroatoms. The number of halogens is 1. The van der Waals surface area contributed by atoms with Gasteiger partial charge in [0.25, 0.3) is 0 Å². The first-order valence-corrected chi connectivity index (χ1v) is 8.85. The second-order valence-electron chi connectivity index (χ2n) is 4.92. The molecular weight excluding hydrogens is 334 g/mol. The fourth-order valence-electron chi connectivity index (χ4n) is 2.38. The number of aromatic nitrogens is 1. The number of nitriles is 1. The highest BCUT2D eigenvalue weighted by atomic mass is 35.5. The maximum atomic E-state index is 13.0. The molecule has 2 rings (SSSR count). The summed E-state index contributed by atoms with van der Waals surface area (Å²) in [5.74, 6) is 0. The number of hydrogen-bond acceptors (Lipinski definition) is 4. The molecule has 0 fully saturated rings. The molecule has 0 saturated heterocycles. The number of rotatable bonds is 5. The summed E-state index contributed by atoms with van der Waals surface area (Å²) >= 11 is 5.85. The predicted molar refractivity (Wildman–Crippen MR) is 88.4 cm³/mol. The quantitative estimate of drug-likeness (QED) is 0.829. The van der Waals surface area contributed by atoms with Crippen molar-refractivity contribution in [2.45, 2.75) is 24.8 Å². The zero-order valence-electron chi connectivity index (χ0n) is 12.8. The summed E-state index contributed by atoms with van der Waals surface area (Å²) in [6, 6.07) is 9.28. The van der Waals surface area contributed by atoms with Crippen LogP contribution in [0.2, 0.25) is 5.02 Å². The Morgan fingerprint density at radius 1 is 1.39 bits per heavy atom. The van der Waals surface area contributed by atoms with Gasteiger partial charge in [0.1, 0.15) is 11.0 Å². The van der Waals surface area contributed by atoms with E-state index in [-0.39, 0.29) is 17.0 Å². The fourth-order valence-corrected chi connectivity index (χ4v) is 4.31. The Kier molecular flexibility index (Phi) is 5.37. The number of pyridine rings is 1. The Hall–Kier alpha value is -1.94. The summed E-state index contributed by atoms with van der Waals surface area (Å²) in [6.45, 7) is 3.82. The topological polar surface area (TPSA) is 74.1 Å². The molecule has 0 aliphatic heterocycles. The third-order valence-electron chi connectivity index (χ3n) is 3.56. The molecule has 0 aliphatic carbocycles. The lowest BCUT2D eigenvalue weighted by Gasteiger charge is -2.27. The molecule has 0 aliphatic rings. The zero-order valence-corrected chi connectivity index (χ0v) is 14.3. The van der Waals surface area contributed by atoms with Gasteiger partial charge in [0, 0.05) is 30.0 Å². The van der Waals surface area contributed by atoms with E-state index in [4.69, 9.17) is 11.6 Å². The summed E-state index contributed by atoms with van der Waals surface area (Å²) in [7, 11) is -3.83. The Morgan fingerprint density at radius 2 is 2.13 bits per heavy atom. The van der Waals surface area contributed by atoms with Gasteiger partial charge in [0.15, 0.2) is 0 Å². The highest BCUT2D eigenvalue weighted by Crippen LogP contribution is 2.29. The molecule has 1 aromatic heterocycles. The minimum atomic E-state index is -3.83. The molecule has 5 nitrogen and oxygen atoms in total. The van der Waals surface area contributed by atoms with E-state index in [2.05, 4.69) is 4.98 Å². The van der Waals surface area contributed by atoms with E-state index >= 15 is 0 Å². The highest BCUT2D eigenvalue weighted by Gasteiger charge is 2.30. The van der Waals surface area contributed by atoms with Crippen LogP contribution in [0.5, 0.6) is 0 Å². The second-order valence-corrected chi connectivity index (χ2v) is 7.22. The van der Waals surface area contributed by atoms with Crippen molar-refractivity contribution in [3.05, 3.63) is 58.9 Å². The standard InChI is InChI=1S/C16H16ClN3O2S/c1-3-20(12(2)13-5-4-8-19-11-13)23(21,22)16-7-6-15(17)9-14(16)10-18/h4-9,11-12H,3H2,1-2H3/t12-/m1/s1. The number of nitrogens with zero attached hydrogens (tertiary/aromatic N) is 3. The minimum absolute atomic E-state index is 0.0364. The lowest BCUT2D eigenvalue weighted by molar-refractivity contribution is 0.356. The lowest BCUT2D eigenvalue weighted by Crippen LogP contribution is -2.34. The number of sulfonamides is 1. The first-order valence-electron chi connectivity index (χ1n) is 7.03. The molecule has 0 spiro atoms. The lowest BCUT2D eigenvalue weighted by atomic mass is 10.1. The van der Waals surface area contributed by atoms with Gasteiger partial charge in [0.05, 0.1) is 5.56 Å². The van der Waals surface area contributed by atoms with Gasteiger partial charge in [-0.3, -0.25) is 4.98 Å². The van der Waals surface area contributed by atoms with Gasteiger partial charge in [-0.1, -0.05) is 24.6 Å². The van der Waals surface area contributed by atoms with Crippen LogP contribution in [-0.4, -0.2) is 24.3 Å².